The Labute approximate surface area is 156 Å². The maximum absolute atomic E-state index is 13.9. The summed E-state index contributed by atoms with van der Waals surface area (Å²) in [7, 11) is 0. The Kier molecular flexibility index (Phi) is 4.27. The molecule has 1 fully saturated rings. The van der Waals surface area contributed by atoms with Crippen molar-refractivity contribution in [2.45, 2.75) is 13.5 Å². The molecule has 2 aromatic heterocycles. The van der Waals surface area contributed by atoms with E-state index in [1.807, 2.05) is 11.8 Å². The lowest BCUT2D eigenvalue weighted by Gasteiger charge is -2.38. The minimum absolute atomic E-state index is 0.173. The molecule has 3 heterocycles. The van der Waals surface area contributed by atoms with Crippen LogP contribution in [0.25, 0.3) is 11.2 Å². The summed E-state index contributed by atoms with van der Waals surface area (Å²) in [6.45, 7) is 3.59. The van der Waals surface area contributed by atoms with Gasteiger partial charge in [0.15, 0.2) is 17.0 Å². The molecular formula is C16H15BrFN7O. The molecular weight excluding hydrogens is 405 g/mol. The summed E-state index contributed by atoms with van der Waals surface area (Å²) in [5.74, 6) is -0.277. The van der Waals surface area contributed by atoms with E-state index in [0.717, 1.165) is 0 Å². The van der Waals surface area contributed by atoms with Gasteiger partial charge in [-0.05, 0) is 25.1 Å². The first-order valence-electron chi connectivity index (χ1n) is 8.12. The number of benzene rings is 1. The van der Waals surface area contributed by atoms with Gasteiger partial charge in [-0.25, -0.2) is 19.0 Å². The molecule has 1 N–H and O–H groups in total. The van der Waals surface area contributed by atoms with Crippen LogP contribution in [0.4, 0.5) is 15.9 Å². The van der Waals surface area contributed by atoms with Crippen LogP contribution in [0, 0.1) is 11.7 Å². The molecule has 134 valence electrons. The summed E-state index contributed by atoms with van der Waals surface area (Å²) in [4.78, 5) is 22.8. The molecule has 0 spiro atoms. The number of aromatic nitrogens is 5. The topological polar surface area (TPSA) is 88.8 Å². The molecule has 3 aromatic rings. The third kappa shape index (κ3) is 2.90. The molecule has 0 radical (unpaired) electrons. The van der Waals surface area contributed by atoms with Gasteiger partial charge < -0.3 is 10.2 Å². The zero-order valence-electron chi connectivity index (χ0n) is 13.9. The Morgan fingerprint density at radius 2 is 2.19 bits per heavy atom. The van der Waals surface area contributed by atoms with Crippen molar-refractivity contribution in [3.63, 3.8) is 0 Å². The smallest absolute Gasteiger partial charge is 0.231 e. The monoisotopic (exact) mass is 419 g/mol. The quantitative estimate of drug-likeness (QED) is 0.697. The maximum atomic E-state index is 13.9. The van der Waals surface area contributed by atoms with Gasteiger partial charge in [0.2, 0.25) is 5.91 Å². The van der Waals surface area contributed by atoms with E-state index in [4.69, 9.17) is 0 Å². The van der Waals surface area contributed by atoms with Gasteiger partial charge in [0.05, 0.1) is 11.6 Å². The van der Waals surface area contributed by atoms with Crippen LogP contribution in [-0.2, 0) is 11.3 Å². The van der Waals surface area contributed by atoms with Gasteiger partial charge in [-0.3, -0.25) is 4.79 Å². The molecule has 1 aliphatic rings. The van der Waals surface area contributed by atoms with Gasteiger partial charge in [0, 0.05) is 24.1 Å². The Hall–Kier alpha value is -2.62. The highest BCUT2D eigenvalue weighted by Gasteiger charge is 2.35. The standard InChI is InChI=1S/C16H15BrFN7O/c1-2-25-15-13(22-23-25)14(19-8-20-15)24-6-9(7-24)16(26)21-12-4-3-10(17)5-11(12)18/h3-5,8-9H,2,6-7H2,1H3,(H,21,26). The Balaban J connectivity index is 1.45. The molecule has 1 aliphatic heterocycles. The van der Waals surface area contributed by atoms with Crippen molar-refractivity contribution >= 4 is 44.5 Å². The lowest BCUT2D eigenvalue weighted by atomic mass is 9.99. The summed E-state index contributed by atoms with van der Waals surface area (Å²) in [5, 5.41) is 10.8. The van der Waals surface area contributed by atoms with Gasteiger partial charge in [-0.2, -0.15) is 0 Å². The fraction of sp³-hybridized carbons (Fsp3) is 0.312. The van der Waals surface area contributed by atoms with Crippen molar-refractivity contribution in [2.75, 3.05) is 23.3 Å². The highest BCUT2D eigenvalue weighted by molar-refractivity contribution is 9.10. The van der Waals surface area contributed by atoms with Crippen LogP contribution in [0.5, 0.6) is 0 Å². The SMILES string of the molecule is CCn1nnc2c(N3CC(C(=O)Nc4ccc(Br)cc4F)C3)ncnc21. The van der Waals surface area contributed by atoms with E-state index >= 15 is 0 Å². The van der Waals surface area contributed by atoms with E-state index in [9.17, 15) is 9.18 Å². The summed E-state index contributed by atoms with van der Waals surface area (Å²) >= 11 is 3.19. The highest BCUT2D eigenvalue weighted by Crippen LogP contribution is 2.28. The van der Waals surface area contributed by atoms with Gasteiger partial charge >= 0.3 is 0 Å². The zero-order chi connectivity index (χ0) is 18.3. The Morgan fingerprint density at radius 1 is 1.38 bits per heavy atom. The second-order valence-electron chi connectivity index (χ2n) is 5.99. The number of carbonyl (C=O) groups excluding carboxylic acids is 1. The average molecular weight is 420 g/mol. The zero-order valence-corrected chi connectivity index (χ0v) is 15.4. The number of hydrogen-bond acceptors (Lipinski definition) is 6. The van der Waals surface area contributed by atoms with Gasteiger partial charge in [-0.1, -0.05) is 21.1 Å². The van der Waals surface area contributed by atoms with E-state index in [1.165, 1.54) is 18.5 Å². The molecule has 0 bridgehead atoms. The van der Waals surface area contributed by atoms with Gasteiger partial charge in [0.25, 0.3) is 0 Å². The van der Waals surface area contributed by atoms with Crippen molar-refractivity contribution < 1.29 is 9.18 Å². The molecule has 0 aliphatic carbocycles. The van der Waals surface area contributed by atoms with E-state index < -0.39 is 5.82 Å². The van der Waals surface area contributed by atoms with Crippen LogP contribution in [0.1, 0.15) is 6.92 Å². The molecule has 1 saturated heterocycles. The number of nitrogens with one attached hydrogen (secondary N) is 1. The second kappa shape index (κ2) is 6.60. The molecule has 4 rings (SSSR count). The predicted octanol–water partition coefficient (Wildman–Crippen LogP) is 2.22. The molecule has 0 saturated carbocycles. The number of halogens is 2. The first-order chi connectivity index (χ1) is 12.6. The number of anilines is 2. The van der Waals surface area contributed by atoms with Crippen molar-refractivity contribution in [3.8, 4) is 0 Å². The van der Waals surface area contributed by atoms with E-state index in [1.54, 1.807) is 10.7 Å². The molecule has 10 heteroatoms. The predicted molar refractivity (Wildman–Crippen MR) is 97.2 cm³/mol. The van der Waals surface area contributed by atoms with Gasteiger partial charge in [-0.15, -0.1) is 5.10 Å². The van der Waals surface area contributed by atoms with Crippen molar-refractivity contribution in [2.24, 2.45) is 5.92 Å². The third-order valence-electron chi connectivity index (χ3n) is 4.32. The molecule has 1 aromatic carbocycles. The first-order valence-corrected chi connectivity index (χ1v) is 8.91. The number of fused-ring (bicyclic) bond motifs is 1. The largest absolute Gasteiger partial charge is 0.353 e. The fourth-order valence-corrected chi connectivity index (χ4v) is 3.20. The minimum Gasteiger partial charge on any atom is -0.353 e. The van der Waals surface area contributed by atoms with Crippen LogP contribution in [0.2, 0.25) is 0 Å². The maximum Gasteiger partial charge on any atom is 0.231 e. The van der Waals surface area contributed by atoms with Crippen molar-refractivity contribution in [1.82, 2.24) is 25.0 Å². The normalized spacial score (nSPS) is 14.5. The summed E-state index contributed by atoms with van der Waals surface area (Å²) in [5.41, 5.74) is 1.46. The molecule has 0 unspecified atom stereocenters. The highest BCUT2D eigenvalue weighted by atomic mass is 79.9. The first kappa shape index (κ1) is 16.8. The molecule has 26 heavy (non-hydrogen) atoms. The molecule has 8 nitrogen and oxygen atoms in total. The summed E-state index contributed by atoms with van der Waals surface area (Å²) < 4.78 is 16.2. The Morgan fingerprint density at radius 3 is 2.92 bits per heavy atom. The second-order valence-corrected chi connectivity index (χ2v) is 6.91. The van der Waals surface area contributed by atoms with Crippen molar-refractivity contribution in [3.05, 3.63) is 34.8 Å². The number of nitrogens with zero attached hydrogens (tertiary/aromatic N) is 6. The van der Waals surface area contributed by atoms with Crippen LogP contribution in [0.15, 0.2) is 29.0 Å². The van der Waals surface area contributed by atoms with E-state index in [2.05, 4.69) is 41.5 Å². The number of aryl methyl sites for hydroxylation is 1. The lowest BCUT2D eigenvalue weighted by molar-refractivity contribution is -0.120. The molecule has 0 atom stereocenters. The lowest BCUT2D eigenvalue weighted by Crippen LogP contribution is -2.52. The number of carbonyl (C=O) groups is 1. The number of hydrogen-bond donors (Lipinski definition) is 1. The van der Waals surface area contributed by atoms with Crippen molar-refractivity contribution in [1.29, 1.82) is 0 Å². The van der Waals surface area contributed by atoms with Crippen LogP contribution in [0.3, 0.4) is 0 Å². The third-order valence-corrected chi connectivity index (χ3v) is 4.81. The minimum atomic E-state index is -0.474. The van der Waals surface area contributed by atoms with Crippen LogP contribution < -0.4 is 10.2 Å². The van der Waals surface area contributed by atoms with E-state index in [0.29, 0.717) is 41.1 Å². The molecule has 1 amide bonds. The summed E-state index contributed by atoms with van der Waals surface area (Å²) in [6.07, 6.45) is 1.47. The Bertz CT molecular complexity index is 986. The number of amides is 1. The van der Waals surface area contributed by atoms with E-state index in [-0.39, 0.29) is 17.5 Å². The number of rotatable bonds is 4. The van der Waals surface area contributed by atoms with Gasteiger partial charge in [0.1, 0.15) is 12.1 Å². The van der Waals surface area contributed by atoms with Crippen LogP contribution in [-0.4, -0.2) is 44.0 Å². The fourth-order valence-electron chi connectivity index (χ4n) is 2.87. The average Bonchev–Trinajstić information content (AvgIpc) is 3.00. The summed E-state index contributed by atoms with van der Waals surface area (Å²) in [6, 6.07) is 4.53. The van der Waals surface area contributed by atoms with Crippen LogP contribution >= 0.6 is 15.9 Å².